The van der Waals surface area contributed by atoms with Crippen LogP contribution in [0.5, 0.6) is 11.5 Å². The largest absolute Gasteiger partial charge is 0.503 e. The number of nitrogens with one attached hydrogen (secondary N) is 1. The van der Waals surface area contributed by atoms with Crippen molar-refractivity contribution >= 4 is 11.8 Å². The SMILES string of the molecule is CCN1CC(C(=O)NCCCc2ccc(OC)c(OC)c2)=C(O)C1=O. The van der Waals surface area contributed by atoms with Crippen LogP contribution in [0.15, 0.2) is 29.5 Å². The van der Waals surface area contributed by atoms with Crippen LogP contribution in [0.1, 0.15) is 18.9 Å². The highest BCUT2D eigenvalue weighted by atomic mass is 16.5. The van der Waals surface area contributed by atoms with Crippen molar-refractivity contribution in [3.05, 3.63) is 35.1 Å². The summed E-state index contributed by atoms with van der Waals surface area (Å²) in [6.07, 6.45) is 1.48. The standard InChI is InChI=1S/C18H24N2O5/c1-4-20-11-13(16(21)18(20)23)17(22)19-9-5-6-12-7-8-14(24-2)15(10-12)25-3/h7-8,10,21H,4-6,9,11H2,1-3H3,(H,19,22). The van der Waals surface area contributed by atoms with Gasteiger partial charge in [-0.05, 0) is 37.5 Å². The molecule has 0 bridgehead atoms. The van der Waals surface area contributed by atoms with Crippen molar-refractivity contribution in [2.24, 2.45) is 0 Å². The highest BCUT2D eigenvalue weighted by Gasteiger charge is 2.32. The number of aryl methyl sites for hydroxylation is 1. The fraction of sp³-hybridized carbons (Fsp3) is 0.444. The normalized spacial score (nSPS) is 14.0. The maximum absolute atomic E-state index is 12.1. The molecule has 0 atom stereocenters. The van der Waals surface area contributed by atoms with Gasteiger partial charge in [-0.2, -0.15) is 0 Å². The molecule has 2 amide bonds. The molecular weight excluding hydrogens is 324 g/mol. The van der Waals surface area contributed by atoms with Crippen molar-refractivity contribution in [1.82, 2.24) is 10.2 Å². The summed E-state index contributed by atoms with van der Waals surface area (Å²) in [7, 11) is 3.18. The Balaban J connectivity index is 1.83. The summed E-state index contributed by atoms with van der Waals surface area (Å²) in [6, 6.07) is 5.70. The lowest BCUT2D eigenvalue weighted by molar-refractivity contribution is -0.127. The minimum absolute atomic E-state index is 0.137. The van der Waals surface area contributed by atoms with Crippen LogP contribution in [0.4, 0.5) is 0 Å². The van der Waals surface area contributed by atoms with E-state index in [0.717, 1.165) is 18.4 Å². The number of carbonyl (C=O) groups excluding carboxylic acids is 2. The zero-order valence-electron chi connectivity index (χ0n) is 14.8. The Bertz CT molecular complexity index is 684. The van der Waals surface area contributed by atoms with Gasteiger partial charge in [0, 0.05) is 13.1 Å². The second kappa shape index (κ2) is 8.41. The number of hydrogen-bond acceptors (Lipinski definition) is 5. The van der Waals surface area contributed by atoms with Crippen LogP contribution in [0, 0.1) is 0 Å². The number of nitrogens with zero attached hydrogens (tertiary/aromatic N) is 1. The number of benzene rings is 1. The molecule has 0 saturated carbocycles. The number of hydrogen-bond donors (Lipinski definition) is 2. The summed E-state index contributed by atoms with van der Waals surface area (Å²) in [6.45, 7) is 2.86. The molecule has 7 heteroatoms. The van der Waals surface area contributed by atoms with Crippen LogP contribution < -0.4 is 14.8 Å². The molecule has 2 rings (SSSR count). The van der Waals surface area contributed by atoms with Gasteiger partial charge in [0.15, 0.2) is 17.3 Å². The number of rotatable bonds is 8. The van der Waals surface area contributed by atoms with E-state index in [1.54, 1.807) is 21.1 Å². The molecule has 25 heavy (non-hydrogen) atoms. The molecule has 0 radical (unpaired) electrons. The molecule has 2 N–H and O–H groups in total. The van der Waals surface area contributed by atoms with Crippen molar-refractivity contribution in [1.29, 1.82) is 0 Å². The minimum Gasteiger partial charge on any atom is -0.503 e. The van der Waals surface area contributed by atoms with E-state index in [0.29, 0.717) is 24.6 Å². The van der Waals surface area contributed by atoms with Gasteiger partial charge in [-0.1, -0.05) is 6.07 Å². The topological polar surface area (TPSA) is 88.1 Å². The van der Waals surface area contributed by atoms with E-state index in [4.69, 9.17) is 9.47 Å². The van der Waals surface area contributed by atoms with Crippen LogP contribution in [-0.2, 0) is 16.0 Å². The van der Waals surface area contributed by atoms with E-state index in [1.807, 2.05) is 18.2 Å². The van der Waals surface area contributed by atoms with Gasteiger partial charge in [0.2, 0.25) is 0 Å². The Morgan fingerprint density at radius 1 is 1.28 bits per heavy atom. The first-order valence-electron chi connectivity index (χ1n) is 8.22. The number of amides is 2. The smallest absolute Gasteiger partial charge is 0.289 e. The zero-order chi connectivity index (χ0) is 18.4. The van der Waals surface area contributed by atoms with Crippen molar-refractivity contribution in [2.45, 2.75) is 19.8 Å². The number of ether oxygens (including phenoxy) is 2. The van der Waals surface area contributed by atoms with E-state index in [9.17, 15) is 14.7 Å². The third kappa shape index (κ3) is 4.23. The van der Waals surface area contributed by atoms with Crippen LogP contribution >= 0.6 is 0 Å². The molecule has 1 heterocycles. The number of likely N-dealkylation sites (N-methyl/N-ethyl adjacent to an activating group) is 1. The van der Waals surface area contributed by atoms with Crippen LogP contribution in [-0.4, -0.2) is 55.7 Å². The molecule has 0 aliphatic carbocycles. The fourth-order valence-corrected chi connectivity index (χ4v) is 2.69. The Morgan fingerprint density at radius 3 is 2.60 bits per heavy atom. The summed E-state index contributed by atoms with van der Waals surface area (Å²) >= 11 is 0. The Morgan fingerprint density at radius 2 is 2.00 bits per heavy atom. The third-order valence-electron chi connectivity index (χ3n) is 4.16. The van der Waals surface area contributed by atoms with Crippen molar-refractivity contribution in [2.75, 3.05) is 33.9 Å². The molecule has 0 saturated heterocycles. The molecule has 7 nitrogen and oxygen atoms in total. The molecule has 0 spiro atoms. The van der Waals surface area contributed by atoms with Gasteiger partial charge in [-0.15, -0.1) is 0 Å². The highest BCUT2D eigenvalue weighted by Crippen LogP contribution is 2.27. The molecular formula is C18H24N2O5. The first-order valence-corrected chi connectivity index (χ1v) is 8.22. The van der Waals surface area contributed by atoms with Gasteiger partial charge in [0.1, 0.15) is 0 Å². The lowest BCUT2D eigenvalue weighted by Crippen LogP contribution is -2.30. The first-order chi connectivity index (χ1) is 12.0. The van der Waals surface area contributed by atoms with Gasteiger partial charge in [-0.3, -0.25) is 9.59 Å². The molecule has 1 aliphatic rings. The van der Waals surface area contributed by atoms with Crippen LogP contribution in [0.25, 0.3) is 0 Å². The predicted molar refractivity (Wildman–Crippen MR) is 92.8 cm³/mol. The molecule has 1 aliphatic heterocycles. The van der Waals surface area contributed by atoms with Crippen molar-refractivity contribution < 1.29 is 24.2 Å². The second-order valence-electron chi connectivity index (χ2n) is 5.70. The lowest BCUT2D eigenvalue weighted by atomic mass is 10.1. The second-order valence-corrected chi connectivity index (χ2v) is 5.70. The quantitative estimate of drug-likeness (QED) is 0.694. The highest BCUT2D eigenvalue weighted by molar-refractivity contribution is 6.06. The number of aliphatic hydroxyl groups excluding tert-OH is 1. The van der Waals surface area contributed by atoms with Crippen LogP contribution in [0.3, 0.4) is 0 Å². The van der Waals surface area contributed by atoms with E-state index >= 15 is 0 Å². The molecule has 0 unspecified atom stereocenters. The minimum atomic E-state index is -0.488. The molecule has 136 valence electrons. The van der Waals surface area contributed by atoms with E-state index in [1.165, 1.54) is 4.90 Å². The van der Waals surface area contributed by atoms with Crippen molar-refractivity contribution in [3.8, 4) is 11.5 Å². The van der Waals surface area contributed by atoms with Gasteiger partial charge >= 0.3 is 0 Å². The Kier molecular flexibility index (Phi) is 6.27. The Hall–Kier alpha value is -2.70. The number of carbonyl (C=O) groups is 2. The lowest BCUT2D eigenvalue weighted by Gasteiger charge is -2.12. The van der Waals surface area contributed by atoms with Gasteiger partial charge < -0.3 is 24.8 Å². The zero-order valence-corrected chi connectivity index (χ0v) is 14.8. The summed E-state index contributed by atoms with van der Waals surface area (Å²) in [5, 5.41) is 12.5. The molecule has 0 aromatic heterocycles. The maximum atomic E-state index is 12.1. The van der Waals surface area contributed by atoms with Crippen LogP contribution in [0.2, 0.25) is 0 Å². The van der Waals surface area contributed by atoms with Gasteiger partial charge in [-0.25, -0.2) is 0 Å². The fourth-order valence-electron chi connectivity index (χ4n) is 2.69. The van der Waals surface area contributed by atoms with Gasteiger partial charge in [0.25, 0.3) is 11.8 Å². The predicted octanol–water partition coefficient (Wildman–Crippen LogP) is 1.43. The monoisotopic (exact) mass is 348 g/mol. The summed E-state index contributed by atoms with van der Waals surface area (Å²) in [4.78, 5) is 25.2. The maximum Gasteiger partial charge on any atom is 0.289 e. The number of aliphatic hydroxyl groups is 1. The third-order valence-corrected chi connectivity index (χ3v) is 4.16. The van der Waals surface area contributed by atoms with E-state index < -0.39 is 17.6 Å². The van der Waals surface area contributed by atoms with Crippen molar-refractivity contribution in [3.63, 3.8) is 0 Å². The van der Waals surface area contributed by atoms with E-state index in [2.05, 4.69) is 5.32 Å². The molecule has 1 aromatic carbocycles. The molecule has 1 aromatic rings. The number of methoxy groups -OCH3 is 2. The summed E-state index contributed by atoms with van der Waals surface area (Å²) in [5.41, 5.74) is 1.21. The average molecular weight is 348 g/mol. The summed E-state index contributed by atoms with van der Waals surface area (Å²) < 4.78 is 10.5. The average Bonchev–Trinajstić information content (AvgIpc) is 2.93. The van der Waals surface area contributed by atoms with E-state index in [-0.39, 0.29) is 12.1 Å². The van der Waals surface area contributed by atoms with Gasteiger partial charge in [0.05, 0.1) is 26.3 Å². The summed E-state index contributed by atoms with van der Waals surface area (Å²) in [5.74, 6) is 0.0166. The Labute approximate surface area is 147 Å². The first kappa shape index (κ1) is 18.6. The molecule has 0 fully saturated rings.